The molecule has 0 saturated heterocycles. The number of amides is 1. The number of carbonyl (C=O) groups excluding carboxylic acids is 1. The van der Waals surface area contributed by atoms with Gasteiger partial charge in [-0.2, -0.15) is 0 Å². The minimum absolute atomic E-state index is 0.0864. The highest BCUT2D eigenvalue weighted by molar-refractivity contribution is 5.77. The molecule has 0 fully saturated rings. The summed E-state index contributed by atoms with van der Waals surface area (Å²) >= 11 is 0. The molecule has 2 N–H and O–H groups in total. The highest BCUT2D eigenvalue weighted by Crippen LogP contribution is 2.02. The monoisotopic (exact) mass is 248 g/mol. The molecule has 0 spiro atoms. The van der Waals surface area contributed by atoms with Gasteiger partial charge in [-0.25, -0.2) is 0 Å². The maximum atomic E-state index is 11.5. The average molecular weight is 248 g/mol. The van der Waals surface area contributed by atoms with E-state index in [2.05, 4.69) is 36.6 Å². The zero-order valence-electron chi connectivity index (χ0n) is 11.4. The number of hydrogen-bond donors (Lipinski definition) is 2. The van der Waals surface area contributed by atoms with Crippen molar-refractivity contribution in [1.82, 2.24) is 10.6 Å². The second-order valence-corrected chi connectivity index (χ2v) is 4.68. The maximum Gasteiger partial charge on any atom is 0.233 e. The third-order valence-corrected chi connectivity index (χ3v) is 2.85. The van der Waals surface area contributed by atoms with Crippen LogP contribution < -0.4 is 10.6 Å². The van der Waals surface area contributed by atoms with Crippen molar-refractivity contribution in [2.75, 3.05) is 13.1 Å². The summed E-state index contributed by atoms with van der Waals surface area (Å²) in [7, 11) is 0. The van der Waals surface area contributed by atoms with E-state index < -0.39 is 0 Å². The molecule has 18 heavy (non-hydrogen) atoms. The zero-order chi connectivity index (χ0) is 13.2. The highest BCUT2D eigenvalue weighted by atomic mass is 16.1. The van der Waals surface area contributed by atoms with Crippen molar-refractivity contribution in [3.63, 3.8) is 0 Å². The first-order valence-corrected chi connectivity index (χ1v) is 6.76. The molecule has 0 aliphatic rings. The quantitative estimate of drug-likeness (QED) is 0.692. The van der Waals surface area contributed by atoms with Gasteiger partial charge in [0.15, 0.2) is 0 Å². The summed E-state index contributed by atoms with van der Waals surface area (Å²) < 4.78 is 0. The summed E-state index contributed by atoms with van der Waals surface area (Å²) in [5.74, 6) is 0.0864. The molecule has 1 atom stereocenters. The first-order chi connectivity index (χ1) is 8.72. The Morgan fingerprint density at radius 1 is 1.28 bits per heavy atom. The molecule has 3 heteroatoms. The Morgan fingerprint density at radius 3 is 2.67 bits per heavy atom. The molecule has 0 aliphatic carbocycles. The lowest BCUT2D eigenvalue weighted by atomic mass is 10.1. The van der Waals surface area contributed by atoms with E-state index in [0.717, 1.165) is 25.8 Å². The first kappa shape index (κ1) is 14.7. The van der Waals surface area contributed by atoms with Crippen molar-refractivity contribution in [3.8, 4) is 0 Å². The van der Waals surface area contributed by atoms with Crippen molar-refractivity contribution in [3.05, 3.63) is 35.9 Å². The summed E-state index contributed by atoms with van der Waals surface area (Å²) in [6.07, 6.45) is 3.10. The largest absolute Gasteiger partial charge is 0.355 e. The molecule has 0 saturated carbocycles. The fourth-order valence-corrected chi connectivity index (χ4v) is 1.77. The minimum Gasteiger partial charge on any atom is -0.355 e. The van der Waals surface area contributed by atoms with E-state index in [9.17, 15) is 4.79 Å². The average Bonchev–Trinajstić information content (AvgIpc) is 2.38. The lowest BCUT2D eigenvalue weighted by Gasteiger charge is -2.13. The maximum absolute atomic E-state index is 11.5. The summed E-state index contributed by atoms with van der Waals surface area (Å²) in [5, 5.41) is 6.15. The molecule has 1 aromatic rings. The number of benzene rings is 1. The minimum atomic E-state index is 0.0864. The van der Waals surface area contributed by atoms with E-state index in [1.807, 2.05) is 18.2 Å². The Morgan fingerprint density at radius 2 is 2.00 bits per heavy atom. The molecule has 0 aliphatic heterocycles. The topological polar surface area (TPSA) is 41.1 Å². The van der Waals surface area contributed by atoms with Gasteiger partial charge in [-0.05, 0) is 25.3 Å². The van der Waals surface area contributed by atoms with Crippen LogP contribution in [0.15, 0.2) is 30.3 Å². The fourth-order valence-electron chi connectivity index (χ4n) is 1.77. The highest BCUT2D eigenvalue weighted by Gasteiger charge is 2.05. The van der Waals surface area contributed by atoms with Gasteiger partial charge in [0, 0.05) is 12.6 Å². The second-order valence-electron chi connectivity index (χ2n) is 4.68. The van der Waals surface area contributed by atoms with E-state index in [4.69, 9.17) is 0 Å². The standard InChI is InChI=1S/C15H24N2O/c1-3-4-10-16-15(18)12-17-13(2)11-14-8-6-5-7-9-14/h5-9,13,17H,3-4,10-12H2,1-2H3,(H,16,18). The summed E-state index contributed by atoms with van der Waals surface area (Å²) in [6, 6.07) is 10.6. The van der Waals surface area contributed by atoms with Crippen molar-refractivity contribution < 1.29 is 4.79 Å². The normalized spacial score (nSPS) is 12.1. The van der Waals surface area contributed by atoms with Crippen LogP contribution in [0.4, 0.5) is 0 Å². The molecule has 0 radical (unpaired) electrons. The van der Waals surface area contributed by atoms with Gasteiger partial charge in [0.25, 0.3) is 0 Å². The number of nitrogens with one attached hydrogen (secondary N) is 2. The van der Waals surface area contributed by atoms with Gasteiger partial charge < -0.3 is 10.6 Å². The first-order valence-electron chi connectivity index (χ1n) is 6.76. The third kappa shape index (κ3) is 6.40. The van der Waals surface area contributed by atoms with E-state index in [1.165, 1.54) is 5.56 Å². The lowest BCUT2D eigenvalue weighted by molar-refractivity contribution is -0.120. The summed E-state index contributed by atoms with van der Waals surface area (Å²) in [4.78, 5) is 11.5. The van der Waals surface area contributed by atoms with Gasteiger partial charge in [0.05, 0.1) is 6.54 Å². The second kappa shape index (κ2) is 8.70. The number of unbranched alkanes of at least 4 members (excludes halogenated alkanes) is 1. The lowest BCUT2D eigenvalue weighted by Crippen LogP contribution is -2.39. The van der Waals surface area contributed by atoms with Crippen LogP contribution in [-0.4, -0.2) is 25.0 Å². The van der Waals surface area contributed by atoms with Crippen molar-refractivity contribution >= 4 is 5.91 Å². The molecule has 0 heterocycles. The van der Waals surface area contributed by atoms with Crippen molar-refractivity contribution in [1.29, 1.82) is 0 Å². The fraction of sp³-hybridized carbons (Fsp3) is 0.533. The third-order valence-electron chi connectivity index (χ3n) is 2.85. The van der Waals surface area contributed by atoms with Crippen LogP contribution in [0.5, 0.6) is 0 Å². The molecule has 1 aromatic carbocycles. The van der Waals surface area contributed by atoms with Crippen LogP contribution in [0.25, 0.3) is 0 Å². The zero-order valence-corrected chi connectivity index (χ0v) is 11.4. The SMILES string of the molecule is CCCCNC(=O)CNC(C)Cc1ccccc1. The Kier molecular flexibility index (Phi) is 7.11. The molecule has 3 nitrogen and oxygen atoms in total. The number of carbonyl (C=O) groups is 1. The number of hydrogen-bond acceptors (Lipinski definition) is 2. The molecule has 0 bridgehead atoms. The van der Waals surface area contributed by atoms with E-state index in [-0.39, 0.29) is 5.91 Å². The van der Waals surface area contributed by atoms with Crippen LogP contribution in [0.1, 0.15) is 32.3 Å². The van der Waals surface area contributed by atoms with Crippen LogP contribution in [0.2, 0.25) is 0 Å². The van der Waals surface area contributed by atoms with Gasteiger partial charge in [-0.1, -0.05) is 43.7 Å². The Balaban J connectivity index is 2.17. The molecular formula is C15H24N2O. The van der Waals surface area contributed by atoms with Gasteiger partial charge in [-0.15, -0.1) is 0 Å². The molecule has 1 unspecified atom stereocenters. The summed E-state index contributed by atoms with van der Waals surface area (Å²) in [6.45, 7) is 5.40. The predicted molar refractivity (Wildman–Crippen MR) is 75.5 cm³/mol. The van der Waals surface area contributed by atoms with Gasteiger partial charge in [0.2, 0.25) is 5.91 Å². The van der Waals surface area contributed by atoms with Crippen molar-refractivity contribution in [2.24, 2.45) is 0 Å². The molecule has 100 valence electrons. The summed E-state index contributed by atoms with van der Waals surface area (Å²) in [5.41, 5.74) is 1.30. The van der Waals surface area contributed by atoms with Crippen molar-refractivity contribution in [2.45, 2.75) is 39.2 Å². The van der Waals surface area contributed by atoms with E-state index in [0.29, 0.717) is 12.6 Å². The Hall–Kier alpha value is -1.35. The molecule has 0 aromatic heterocycles. The van der Waals surface area contributed by atoms with Crippen LogP contribution in [-0.2, 0) is 11.2 Å². The van der Waals surface area contributed by atoms with Gasteiger partial charge in [0.1, 0.15) is 0 Å². The van der Waals surface area contributed by atoms with E-state index >= 15 is 0 Å². The van der Waals surface area contributed by atoms with Gasteiger partial charge in [-0.3, -0.25) is 4.79 Å². The molecular weight excluding hydrogens is 224 g/mol. The number of rotatable bonds is 8. The Bertz CT molecular complexity index is 338. The molecule has 1 rings (SSSR count). The van der Waals surface area contributed by atoms with Crippen LogP contribution in [0.3, 0.4) is 0 Å². The molecule has 1 amide bonds. The predicted octanol–water partition coefficient (Wildman–Crippen LogP) is 2.12. The van der Waals surface area contributed by atoms with Crippen LogP contribution >= 0.6 is 0 Å². The Labute approximate surface area is 110 Å². The van der Waals surface area contributed by atoms with E-state index in [1.54, 1.807) is 0 Å². The van der Waals surface area contributed by atoms with Crippen LogP contribution in [0, 0.1) is 0 Å². The smallest absolute Gasteiger partial charge is 0.233 e. The van der Waals surface area contributed by atoms with Gasteiger partial charge >= 0.3 is 0 Å².